The molecule has 0 saturated carbocycles. The number of carbonyl (C=O) groups is 1. The van der Waals surface area contributed by atoms with E-state index in [1.807, 2.05) is 59.7 Å². The molecule has 0 unspecified atom stereocenters. The summed E-state index contributed by atoms with van der Waals surface area (Å²) in [6, 6.07) is 10.4. The van der Waals surface area contributed by atoms with E-state index in [0.29, 0.717) is 5.69 Å². The van der Waals surface area contributed by atoms with Crippen LogP contribution in [0.15, 0.2) is 36.4 Å². The first-order chi connectivity index (χ1) is 14.4. The lowest BCUT2D eigenvalue weighted by molar-refractivity contribution is -0.670. The number of nitrogens with one attached hydrogen (secondary N) is 1. The maximum absolute atomic E-state index is 12.9. The quantitative estimate of drug-likeness (QED) is 0.696. The van der Waals surface area contributed by atoms with Gasteiger partial charge >= 0.3 is 5.97 Å². The van der Waals surface area contributed by atoms with Crippen molar-refractivity contribution in [2.75, 3.05) is 31.6 Å². The molecular weight excluding hydrogens is 392 g/mol. The highest BCUT2D eigenvalue weighted by atomic mass is 16.5. The molecule has 1 heterocycles. The van der Waals surface area contributed by atoms with E-state index in [1.165, 1.54) is 0 Å². The van der Waals surface area contributed by atoms with Crippen LogP contribution >= 0.6 is 0 Å². The molecule has 170 valence electrons. The Morgan fingerprint density at radius 3 is 1.90 bits per heavy atom. The van der Waals surface area contributed by atoms with E-state index in [2.05, 4.69) is 10.6 Å². The van der Waals surface area contributed by atoms with Crippen molar-refractivity contribution in [1.29, 1.82) is 0 Å². The van der Waals surface area contributed by atoms with Gasteiger partial charge in [0.05, 0.1) is 31.9 Å². The Kier molecular flexibility index (Phi) is 8.09. The minimum absolute atomic E-state index is 0.0739. The van der Waals surface area contributed by atoms with Gasteiger partial charge in [0.15, 0.2) is 0 Å². The number of nitrogens with two attached hydrogens (primary N) is 1. The zero-order chi connectivity index (χ0) is 23.2. The predicted molar refractivity (Wildman–Crippen MR) is 122 cm³/mol. The molecule has 2 aromatic rings. The van der Waals surface area contributed by atoms with E-state index < -0.39 is 5.97 Å². The summed E-state index contributed by atoms with van der Waals surface area (Å²) in [6.07, 6.45) is 0. The molecule has 1 aliphatic rings. The van der Waals surface area contributed by atoms with Gasteiger partial charge in [0.25, 0.3) is 0 Å². The Bertz CT molecular complexity index is 845. The van der Waals surface area contributed by atoms with Crippen LogP contribution in [-0.4, -0.2) is 37.4 Å². The number of carboxylic acid groups (broad SMARTS) is 1. The molecule has 0 atom stereocenters. The first kappa shape index (κ1) is 24.7. The minimum Gasteiger partial charge on any atom is -0.872 e. The third-order valence-corrected chi connectivity index (χ3v) is 5.04. The number of benzene rings is 2. The SMILES string of the molecule is C1COCC[NH2+]1.CC(C)(C)c1cc(Nc2cccc(C(=O)O)c2)cc(C(C)(C)C)c1[O-]. The highest BCUT2D eigenvalue weighted by molar-refractivity contribution is 5.89. The molecule has 6 nitrogen and oxygen atoms in total. The zero-order valence-electron chi connectivity index (χ0n) is 19.5. The van der Waals surface area contributed by atoms with Crippen molar-refractivity contribution < 1.29 is 25.1 Å². The minimum atomic E-state index is -0.968. The van der Waals surface area contributed by atoms with Crippen molar-refractivity contribution in [2.24, 2.45) is 0 Å². The van der Waals surface area contributed by atoms with E-state index in [0.717, 1.165) is 43.1 Å². The number of morpholine rings is 1. The molecule has 0 aliphatic carbocycles. The molecule has 0 aromatic heterocycles. The summed E-state index contributed by atoms with van der Waals surface area (Å²) >= 11 is 0. The Hall–Kier alpha value is -2.57. The van der Waals surface area contributed by atoms with Crippen LogP contribution in [0, 0.1) is 0 Å². The first-order valence-corrected chi connectivity index (χ1v) is 10.8. The fraction of sp³-hybridized carbons (Fsp3) is 0.480. The predicted octanol–water partition coefficient (Wildman–Crippen LogP) is 3.38. The smallest absolute Gasteiger partial charge is 0.335 e. The summed E-state index contributed by atoms with van der Waals surface area (Å²) in [4.78, 5) is 11.2. The van der Waals surface area contributed by atoms with Crippen LogP contribution in [-0.2, 0) is 15.6 Å². The summed E-state index contributed by atoms with van der Waals surface area (Å²) in [7, 11) is 0. The second kappa shape index (κ2) is 10.2. The van der Waals surface area contributed by atoms with Crippen LogP contribution < -0.4 is 15.7 Å². The summed E-state index contributed by atoms with van der Waals surface area (Å²) < 4.78 is 5.04. The molecule has 0 radical (unpaired) electrons. The van der Waals surface area contributed by atoms with Crippen LogP contribution in [0.25, 0.3) is 0 Å². The maximum atomic E-state index is 12.9. The molecular formula is C25H36N2O4. The van der Waals surface area contributed by atoms with Gasteiger partial charge in [-0.1, -0.05) is 47.6 Å². The molecule has 1 saturated heterocycles. The van der Waals surface area contributed by atoms with E-state index >= 15 is 0 Å². The lowest BCUT2D eigenvalue weighted by Gasteiger charge is -2.34. The van der Waals surface area contributed by atoms with Crippen LogP contribution in [0.1, 0.15) is 63.0 Å². The average Bonchev–Trinajstić information content (AvgIpc) is 2.69. The van der Waals surface area contributed by atoms with Gasteiger partial charge in [-0.15, -0.1) is 5.75 Å². The lowest BCUT2D eigenvalue weighted by atomic mass is 9.79. The molecule has 1 fully saturated rings. The van der Waals surface area contributed by atoms with Crippen LogP contribution in [0.2, 0.25) is 0 Å². The standard InChI is InChI=1S/C21H27NO3.C4H9NO/c1-20(2,3)16-11-15(12-17(18(16)23)21(4,5)6)22-14-9-7-8-13(10-14)19(24)25;1-3-6-4-2-5-1/h7-12,22-23H,1-6H3,(H,24,25);5H,1-4H2. The highest BCUT2D eigenvalue weighted by Crippen LogP contribution is 2.40. The Morgan fingerprint density at radius 2 is 1.52 bits per heavy atom. The zero-order valence-corrected chi connectivity index (χ0v) is 19.5. The molecule has 2 aromatic carbocycles. The number of anilines is 2. The van der Waals surface area contributed by atoms with Crippen molar-refractivity contribution >= 4 is 17.3 Å². The van der Waals surface area contributed by atoms with Crippen molar-refractivity contribution in [2.45, 2.75) is 52.4 Å². The molecule has 0 amide bonds. The molecule has 3 rings (SSSR count). The summed E-state index contributed by atoms with van der Waals surface area (Å²) in [5.41, 5.74) is 2.62. The van der Waals surface area contributed by atoms with E-state index in [-0.39, 0.29) is 22.1 Å². The molecule has 0 spiro atoms. The van der Waals surface area contributed by atoms with Crippen LogP contribution in [0.5, 0.6) is 5.75 Å². The molecule has 4 N–H and O–H groups in total. The lowest BCUT2D eigenvalue weighted by Crippen LogP contribution is -2.87. The fourth-order valence-electron chi connectivity index (χ4n) is 3.29. The third-order valence-electron chi connectivity index (χ3n) is 5.04. The topological polar surface area (TPSA) is 98.2 Å². The van der Waals surface area contributed by atoms with Crippen molar-refractivity contribution in [3.05, 3.63) is 53.1 Å². The largest absolute Gasteiger partial charge is 0.872 e. The molecule has 1 aliphatic heterocycles. The highest BCUT2D eigenvalue weighted by Gasteiger charge is 2.22. The second-order valence-electron chi connectivity index (χ2n) is 9.89. The second-order valence-corrected chi connectivity index (χ2v) is 9.89. The Morgan fingerprint density at radius 1 is 0.968 bits per heavy atom. The summed E-state index contributed by atoms with van der Waals surface area (Å²) in [5.74, 6) is -0.894. The Balaban J connectivity index is 0.000000488. The van der Waals surface area contributed by atoms with Gasteiger partial charge in [-0.2, -0.15) is 0 Å². The summed E-state index contributed by atoms with van der Waals surface area (Å²) in [5, 5.41) is 27.6. The number of rotatable bonds is 3. The number of aromatic carboxylic acids is 1. The van der Waals surface area contributed by atoms with Crippen molar-refractivity contribution in [3.8, 4) is 5.75 Å². The van der Waals surface area contributed by atoms with Crippen molar-refractivity contribution in [3.63, 3.8) is 0 Å². The summed E-state index contributed by atoms with van der Waals surface area (Å²) in [6.45, 7) is 16.3. The number of carboxylic acids is 1. The number of hydrogen-bond acceptors (Lipinski definition) is 4. The number of ether oxygens (including phenoxy) is 1. The van der Waals surface area contributed by atoms with Crippen molar-refractivity contribution in [1.82, 2.24) is 0 Å². The van der Waals surface area contributed by atoms with Gasteiger partial charge in [0.2, 0.25) is 0 Å². The normalized spacial score (nSPS) is 14.4. The van der Waals surface area contributed by atoms with Gasteiger partial charge in [0, 0.05) is 11.4 Å². The van der Waals surface area contributed by atoms with Gasteiger partial charge in [-0.3, -0.25) is 0 Å². The molecule has 6 heteroatoms. The van der Waals surface area contributed by atoms with E-state index in [9.17, 15) is 9.90 Å². The average molecular weight is 429 g/mol. The Labute approximate surface area is 185 Å². The van der Waals surface area contributed by atoms with E-state index in [4.69, 9.17) is 9.84 Å². The van der Waals surface area contributed by atoms with Gasteiger partial charge in [-0.25, -0.2) is 4.79 Å². The maximum Gasteiger partial charge on any atom is 0.335 e. The number of hydrogen-bond donors (Lipinski definition) is 3. The molecule has 0 bridgehead atoms. The fourth-order valence-corrected chi connectivity index (χ4v) is 3.29. The van der Waals surface area contributed by atoms with E-state index in [1.54, 1.807) is 18.2 Å². The number of quaternary nitrogens is 1. The van der Waals surface area contributed by atoms with Crippen LogP contribution in [0.3, 0.4) is 0 Å². The first-order valence-electron chi connectivity index (χ1n) is 10.8. The third kappa shape index (κ3) is 7.26. The molecule has 31 heavy (non-hydrogen) atoms. The van der Waals surface area contributed by atoms with Gasteiger partial charge < -0.3 is 25.6 Å². The van der Waals surface area contributed by atoms with Gasteiger partial charge in [0.1, 0.15) is 0 Å². The van der Waals surface area contributed by atoms with Crippen LogP contribution in [0.4, 0.5) is 11.4 Å². The van der Waals surface area contributed by atoms with Gasteiger partial charge in [-0.05, 0) is 52.3 Å². The monoisotopic (exact) mass is 428 g/mol.